The van der Waals surface area contributed by atoms with Gasteiger partial charge in [-0.05, 0) is 36.4 Å². The molecule has 104 valence electrons. The number of hydrogen-bond donors (Lipinski definition) is 2. The third kappa shape index (κ3) is 3.09. The minimum atomic E-state index is -4.08. The molecule has 0 spiro atoms. The molecule has 1 aromatic heterocycles. The SMILES string of the molecule is NC(=S)c1ccc(NS(=O)(=O)c2ncccc2F)cc1. The van der Waals surface area contributed by atoms with Crippen molar-refractivity contribution < 1.29 is 12.8 Å². The first kappa shape index (κ1) is 14.4. The molecule has 0 aliphatic rings. The molecule has 0 radical (unpaired) electrons. The summed E-state index contributed by atoms with van der Waals surface area (Å²) in [6.07, 6.45) is 1.20. The third-order valence-corrected chi connectivity index (χ3v) is 3.95. The summed E-state index contributed by atoms with van der Waals surface area (Å²) in [5.41, 5.74) is 6.30. The molecule has 0 unspecified atom stereocenters. The Balaban J connectivity index is 2.29. The summed E-state index contributed by atoms with van der Waals surface area (Å²) in [4.78, 5) is 3.73. The Kier molecular flexibility index (Phi) is 3.96. The van der Waals surface area contributed by atoms with E-state index in [2.05, 4.69) is 9.71 Å². The topological polar surface area (TPSA) is 85.1 Å². The number of pyridine rings is 1. The highest BCUT2D eigenvalue weighted by atomic mass is 32.2. The van der Waals surface area contributed by atoms with Gasteiger partial charge in [0.25, 0.3) is 10.0 Å². The highest BCUT2D eigenvalue weighted by Gasteiger charge is 2.20. The molecule has 0 aliphatic heterocycles. The van der Waals surface area contributed by atoms with Crippen LogP contribution in [0.25, 0.3) is 0 Å². The van der Waals surface area contributed by atoms with E-state index < -0.39 is 20.9 Å². The maximum Gasteiger partial charge on any atom is 0.282 e. The van der Waals surface area contributed by atoms with Gasteiger partial charge < -0.3 is 5.73 Å². The molecule has 0 fully saturated rings. The van der Waals surface area contributed by atoms with Crippen LogP contribution in [-0.2, 0) is 10.0 Å². The number of hydrogen-bond acceptors (Lipinski definition) is 4. The number of sulfonamides is 1. The van der Waals surface area contributed by atoms with E-state index in [0.29, 0.717) is 5.56 Å². The van der Waals surface area contributed by atoms with Gasteiger partial charge >= 0.3 is 0 Å². The number of halogens is 1. The van der Waals surface area contributed by atoms with Gasteiger partial charge in [0.1, 0.15) is 4.99 Å². The lowest BCUT2D eigenvalue weighted by Crippen LogP contribution is -2.16. The van der Waals surface area contributed by atoms with Crippen molar-refractivity contribution in [3.8, 4) is 0 Å². The number of nitrogens with two attached hydrogens (primary N) is 1. The van der Waals surface area contributed by atoms with Crippen LogP contribution in [0.2, 0.25) is 0 Å². The molecule has 5 nitrogen and oxygen atoms in total. The lowest BCUT2D eigenvalue weighted by Gasteiger charge is -2.08. The van der Waals surface area contributed by atoms with Gasteiger partial charge in [-0.25, -0.2) is 9.37 Å². The van der Waals surface area contributed by atoms with Gasteiger partial charge in [-0.3, -0.25) is 4.72 Å². The summed E-state index contributed by atoms with van der Waals surface area (Å²) in [6, 6.07) is 8.42. The van der Waals surface area contributed by atoms with Gasteiger partial charge in [0.2, 0.25) is 5.03 Å². The average Bonchev–Trinajstić information content (AvgIpc) is 2.39. The average molecular weight is 311 g/mol. The van der Waals surface area contributed by atoms with Crippen LogP contribution in [0.5, 0.6) is 0 Å². The molecule has 2 aromatic rings. The van der Waals surface area contributed by atoms with Crippen LogP contribution in [0.1, 0.15) is 5.56 Å². The van der Waals surface area contributed by atoms with E-state index in [9.17, 15) is 12.8 Å². The largest absolute Gasteiger partial charge is 0.389 e. The minimum Gasteiger partial charge on any atom is -0.389 e. The fourth-order valence-electron chi connectivity index (χ4n) is 1.47. The fraction of sp³-hybridized carbons (Fsp3) is 0. The lowest BCUT2D eigenvalue weighted by molar-refractivity contribution is 0.557. The molecule has 0 saturated carbocycles. The van der Waals surface area contributed by atoms with Crippen LogP contribution >= 0.6 is 12.2 Å². The van der Waals surface area contributed by atoms with Crippen LogP contribution in [0.15, 0.2) is 47.6 Å². The predicted octanol–water partition coefficient (Wildman–Crippen LogP) is 1.66. The standard InChI is InChI=1S/C12H10FN3O2S2/c13-10-2-1-7-15-12(10)20(17,18)16-9-5-3-8(4-6-9)11(14)19/h1-7,16H,(H2,14,19). The van der Waals surface area contributed by atoms with Gasteiger partial charge in [-0.2, -0.15) is 8.42 Å². The Hall–Kier alpha value is -2.06. The molecule has 0 saturated heterocycles. The van der Waals surface area contributed by atoms with E-state index in [0.717, 1.165) is 6.07 Å². The molecule has 0 amide bonds. The summed E-state index contributed by atoms with van der Waals surface area (Å²) >= 11 is 4.79. The maximum absolute atomic E-state index is 13.4. The van der Waals surface area contributed by atoms with Crippen molar-refractivity contribution in [3.05, 3.63) is 54.0 Å². The second-order valence-electron chi connectivity index (χ2n) is 3.84. The Labute approximate surface area is 120 Å². The number of rotatable bonds is 4. The quantitative estimate of drug-likeness (QED) is 0.839. The number of nitrogens with zero attached hydrogens (tertiary/aromatic N) is 1. The van der Waals surface area contributed by atoms with Crippen molar-refractivity contribution in [3.63, 3.8) is 0 Å². The van der Waals surface area contributed by atoms with Crippen LogP contribution in [0.3, 0.4) is 0 Å². The zero-order chi connectivity index (χ0) is 14.8. The van der Waals surface area contributed by atoms with Gasteiger partial charge in [0, 0.05) is 17.4 Å². The van der Waals surface area contributed by atoms with Crippen molar-refractivity contribution in [2.75, 3.05) is 4.72 Å². The maximum atomic E-state index is 13.4. The third-order valence-electron chi connectivity index (χ3n) is 2.40. The van der Waals surface area contributed by atoms with Crippen LogP contribution in [0.4, 0.5) is 10.1 Å². The Morgan fingerprint density at radius 3 is 2.45 bits per heavy atom. The van der Waals surface area contributed by atoms with E-state index in [1.165, 1.54) is 24.4 Å². The van der Waals surface area contributed by atoms with Crippen molar-refractivity contribution in [2.24, 2.45) is 5.73 Å². The number of aromatic nitrogens is 1. The Morgan fingerprint density at radius 2 is 1.90 bits per heavy atom. The first-order valence-electron chi connectivity index (χ1n) is 5.43. The normalized spacial score (nSPS) is 11.1. The molecule has 1 aromatic carbocycles. The Bertz CT molecular complexity index is 746. The van der Waals surface area contributed by atoms with E-state index in [4.69, 9.17) is 18.0 Å². The summed E-state index contributed by atoms with van der Waals surface area (Å²) in [7, 11) is -4.08. The molecule has 1 heterocycles. The van der Waals surface area contributed by atoms with Gasteiger partial charge in [0.15, 0.2) is 5.82 Å². The first-order valence-corrected chi connectivity index (χ1v) is 7.32. The molecule has 8 heteroatoms. The van der Waals surface area contributed by atoms with E-state index in [-0.39, 0.29) is 10.7 Å². The monoisotopic (exact) mass is 311 g/mol. The molecule has 0 atom stereocenters. The van der Waals surface area contributed by atoms with E-state index in [1.807, 2.05) is 0 Å². The number of benzene rings is 1. The fourth-order valence-corrected chi connectivity index (χ4v) is 2.68. The predicted molar refractivity (Wildman–Crippen MR) is 77.3 cm³/mol. The highest BCUT2D eigenvalue weighted by Crippen LogP contribution is 2.17. The minimum absolute atomic E-state index is 0.204. The lowest BCUT2D eigenvalue weighted by atomic mass is 10.2. The van der Waals surface area contributed by atoms with Gasteiger partial charge in [0.05, 0.1) is 0 Å². The second kappa shape index (κ2) is 5.51. The number of anilines is 1. The van der Waals surface area contributed by atoms with Crippen molar-refractivity contribution in [2.45, 2.75) is 5.03 Å². The number of nitrogens with one attached hydrogen (secondary N) is 1. The van der Waals surface area contributed by atoms with Gasteiger partial charge in [-0.15, -0.1) is 0 Å². The van der Waals surface area contributed by atoms with Crippen molar-refractivity contribution in [1.29, 1.82) is 0 Å². The van der Waals surface area contributed by atoms with E-state index >= 15 is 0 Å². The molecule has 3 N–H and O–H groups in total. The highest BCUT2D eigenvalue weighted by molar-refractivity contribution is 7.92. The van der Waals surface area contributed by atoms with Crippen LogP contribution < -0.4 is 10.5 Å². The molecule has 0 aliphatic carbocycles. The number of thiocarbonyl (C=S) groups is 1. The smallest absolute Gasteiger partial charge is 0.282 e. The summed E-state index contributed by atoms with van der Waals surface area (Å²) in [6.45, 7) is 0. The Morgan fingerprint density at radius 1 is 1.25 bits per heavy atom. The van der Waals surface area contributed by atoms with Crippen LogP contribution in [0, 0.1) is 5.82 Å². The second-order valence-corrected chi connectivity index (χ2v) is 5.87. The zero-order valence-electron chi connectivity index (χ0n) is 10.1. The van der Waals surface area contributed by atoms with Gasteiger partial charge in [-0.1, -0.05) is 12.2 Å². The molecular weight excluding hydrogens is 301 g/mol. The summed E-state index contributed by atoms with van der Waals surface area (Å²) in [5, 5.41) is -0.654. The molecular formula is C12H10FN3O2S2. The van der Waals surface area contributed by atoms with Crippen molar-refractivity contribution in [1.82, 2.24) is 4.98 Å². The summed E-state index contributed by atoms with van der Waals surface area (Å²) < 4.78 is 39.6. The summed E-state index contributed by atoms with van der Waals surface area (Å²) in [5.74, 6) is -0.917. The van der Waals surface area contributed by atoms with E-state index in [1.54, 1.807) is 12.1 Å². The zero-order valence-corrected chi connectivity index (χ0v) is 11.7. The van der Waals surface area contributed by atoms with Crippen LogP contribution in [-0.4, -0.2) is 18.4 Å². The molecule has 2 rings (SSSR count). The molecule has 20 heavy (non-hydrogen) atoms. The van der Waals surface area contributed by atoms with Crippen molar-refractivity contribution >= 4 is 32.9 Å². The first-order chi connectivity index (χ1) is 9.40. The molecule has 0 bridgehead atoms.